The van der Waals surface area contributed by atoms with Gasteiger partial charge in [-0.25, -0.2) is 4.98 Å². The van der Waals surface area contributed by atoms with Crippen LogP contribution < -0.4 is 10.1 Å². The van der Waals surface area contributed by atoms with E-state index in [1.165, 1.54) is 6.20 Å². The molecular formula is C13H13Cl2N3O. The lowest BCUT2D eigenvalue weighted by Crippen LogP contribution is -1.98. The molecule has 0 atom stereocenters. The van der Waals surface area contributed by atoms with Gasteiger partial charge in [-0.3, -0.25) is 0 Å². The second-order valence-electron chi connectivity index (χ2n) is 4.07. The molecule has 0 bridgehead atoms. The number of rotatable bonds is 3. The lowest BCUT2D eigenvalue weighted by Gasteiger charge is -2.10. The predicted molar refractivity (Wildman–Crippen MR) is 77.6 cm³/mol. The molecule has 2 rings (SSSR count). The fraction of sp³-hybridized carbons (Fsp3) is 0.231. The van der Waals surface area contributed by atoms with Crippen LogP contribution in [0, 0.1) is 13.8 Å². The number of aromatic nitrogens is 2. The Morgan fingerprint density at radius 2 is 1.79 bits per heavy atom. The van der Waals surface area contributed by atoms with Crippen molar-refractivity contribution in [2.45, 2.75) is 13.8 Å². The molecule has 1 aromatic carbocycles. The molecule has 0 aliphatic heterocycles. The molecule has 1 N–H and O–H groups in total. The van der Waals surface area contributed by atoms with Crippen LogP contribution in [-0.4, -0.2) is 17.0 Å². The first-order valence-corrected chi connectivity index (χ1v) is 6.41. The highest BCUT2D eigenvalue weighted by molar-refractivity contribution is 6.32. The zero-order valence-electron chi connectivity index (χ0n) is 10.8. The molecule has 2 aromatic rings. The minimum Gasteiger partial charge on any atom is -0.437 e. The van der Waals surface area contributed by atoms with Gasteiger partial charge in [0.05, 0.1) is 6.20 Å². The van der Waals surface area contributed by atoms with Gasteiger partial charge in [0, 0.05) is 12.1 Å². The Morgan fingerprint density at radius 1 is 1.16 bits per heavy atom. The summed E-state index contributed by atoms with van der Waals surface area (Å²) in [6.45, 7) is 3.84. The number of halogens is 2. The summed E-state index contributed by atoms with van der Waals surface area (Å²) in [5, 5.41) is 3.91. The summed E-state index contributed by atoms with van der Waals surface area (Å²) in [4.78, 5) is 8.15. The van der Waals surface area contributed by atoms with E-state index in [1.54, 1.807) is 7.05 Å². The molecule has 0 saturated heterocycles. The minimum atomic E-state index is 0.308. The molecule has 0 aliphatic carbocycles. The molecule has 0 radical (unpaired) electrons. The number of hydrogen-bond donors (Lipinski definition) is 1. The van der Waals surface area contributed by atoms with Crippen LogP contribution in [0.3, 0.4) is 0 Å². The number of anilines is 1. The van der Waals surface area contributed by atoms with Gasteiger partial charge in [0.2, 0.25) is 11.8 Å². The van der Waals surface area contributed by atoms with Crippen molar-refractivity contribution >= 4 is 29.2 Å². The lowest BCUT2D eigenvalue weighted by atomic mass is 10.1. The molecule has 0 fully saturated rings. The van der Waals surface area contributed by atoms with Crippen molar-refractivity contribution in [3.05, 3.63) is 39.5 Å². The second kappa shape index (κ2) is 5.63. The quantitative estimate of drug-likeness (QED) is 0.921. The smallest absolute Gasteiger partial charge is 0.243 e. The van der Waals surface area contributed by atoms with Crippen LogP contribution in [0.15, 0.2) is 18.3 Å². The highest BCUT2D eigenvalue weighted by atomic mass is 35.5. The summed E-state index contributed by atoms with van der Waals surface area (Å²) in [6, 6.07) is 3.68. The fourth-order valence-electron chi connectivity index (χ4n) is 1.62. The topological polar surface area (TPSA) is 47.0 Å². The van der Waals surface area contributed by atoms with Crippen LogP contribution in [-0.2, 0) is 0 Å². The van der Waals surface area contributed by atoms with Crippen molar-refractivity contribution in [1.29, 1.82) is 0 Å². The second-order valence-corrected chi connectivity index (χ2v) is 4.85. The first kappa shape index (κ1) is 13.9. The Balaban J connectivity index is 2.36. The van der Waals surface area contributed by atoms with Crippen LogP contribution in [0.25, 0.3) is 0 Å². The van der Waals surface area contributed by atoms with Gasteiger partial charge >= 0.3 is 0 Å². The molecule has 0 saturated carbocycles. The van der Waals surface area contributed by atoms with Crippen LogP contribution in [0.5, 0.6) is 11.6 Å². The molecular weight excluding hydrogens is 285 g/mol. The number of ether oxygens (including phenoxy) is 1. The first-order chi connectivity index (χ1) is 9.01. The lowest BCUT2D eigenvalue weighted by molar-refractivity contribution is 0.462. The number of aryl methyl sites for hydroxylation is 2. The third-order valence-corrected chi connectivity index (χ3v) is 3.42. The summed E-state index contributed by atoms with van der Waals surface area (Å²) in [5.41, 5.74) is 1.88. The molecule has 1 heterocycles. The van der Waals surface area contributed by atoms with Crippen molar-refractivity contribution in [3.63, 3.8) is 0 Å². The van der Waals surface area contributed by atoms with E-state index in [9.17, 15) is 0 Å². The summed E-state index contributed by atoms with van der Waals surface area (Å²) in [7, 11) is 1.73. The highest BCUT2D eigenvalue weighted by Gasteiger charge is 2.09. The fourth-order valence-corrected chi connectivity index (χ4v) is 1.86. The van der Waals surface area contributed by atoms with E-state index in [1.807, 2.05) is 26.0 Å². The SMILES string of the molecule is CNc1ncc(Cl)c(Oc2cc(C)c(Cl)c(C)c2)n1. The minimum absolute atomic E-state index is 0.308. The molecule has 0 unspecified atom stereocenters. The standard InChI is InChI=1S/C13H13Cl2N3O/c1-7-4-9(5-8(2)11(7)15)19-12-10(14)6-17-13(16-3)18-12/h4-6H,1-3H3,(H,16,17,18). The summed E-state index contributed by atoms with van der Waals surface area (Å²) >= 11 is 12.1. The summed E-state index contributed by atoms with van der Waals surface area (Å²) in [6.07, 6.45) is 1.49. The van der Waals surface area contributed by atoms with Crippen molar-refractivity contribution in [1.82, 2.24) is 9.97 Å². The zero-order chi connectivity index (χ0) is 14.0. The van der Waals surface area contributed by atoms with Crippen LogP contribution in [0.4, 0.5) is 5.95 Å². The van der Waals surface area contributed by atoms with Gasteiger partial charge in [0.25, 0.3) is 0 Å². The highest BCUT2D eigenvalue weighted by Crippen LogP contribution is 2.31. The largest absolute Gasteiger partial charge is 0.437 e. The van der Waals surface area contributed by atoms with Crippen molar-refractivity contribution in [2.75, 3.05) is 12.4 Å². The van der Waals surface area contributed by atoms with Crippen molar-refractivity contribution < 1.29 is 4.74 Å². The van der Waals surface area contributed by atoms with Gasteiger partial charge in [-0.05, 0) is 37.1 Å². The van der Waals surface area contributed by atoms with Crippen LogP contribution >= 0.6 is 23.2 Å². The Bertz CT molecular complexity index is 594. The number of nitrogens with one attached hydrogen (secondary N) is 1. The average Bonchev–Trinajstić information content (AvgIpc) is 2.38. The normalized spacial score (nSPS) is 10.4. The monoisotopic (exact) mass is 297 g/mol. The predicted octanol–water partition coefficient (Wildman–Crippen LogP) is 4.23. The van der Waals surface area contributed by atoms with Gasteiger partial charge in [-0.2, -0.15) is 4.98 Å². The van der Waals surface area contributed by atoms with E-state index in [-0.39, 0.29) is 0 Å². The maximum Gasteiger partial charge on any atom is 0.243 e. The molecule has 4 nitrogen and oxygen atoms in total. The van der Waals surface area contributed by atoms with Gasteiger partial charge in [-0.15, -0.1) is 0 Å². The molecule has 6 heteroatoms. The first-order valence-electron chi connectivity index (χ1n) is 5.66. The molecule has 0 spiro atoms. The Labute approximate surface area is 121 Å². The van der Waals surface area contributed by atoms with E-state index >= 15 is 0 Å². The third kappa shape index (κ3) is 3.08. The van der Waals surface area contributed by atoms with Crippen LogP contribution in [0.1, 0.15) is 11.1 Å². The molecule has 100 valence electrons. The average molecular weight is 298 g/mol. The molecule has 0 amide bonds. The van der Waals surface area contributed by atoms with E-state index in [4.69, 9.17) is 27.9 Å². The molecule has 0 aliphatic rings. The zero-order valence-corrected chi connectivity index (χ0v) is 12.3. The van der Waals surface area contributed by atoms with Crippen molar-refractivity contribution in [3.8, 4) is 11.6 Å². The van der Waals surface area contributed by atoms with E-state index in [2.05, 4.69) is 15.3 Å². The third-order valence-electron chi connectivity index (χ3n) is 2.56. The summed E-state index contributed by atoms with van der Waals surface area (Å²) in [5.74, 6) is 1.39. The van der Waals surface area contributed by atoms with E-state index in [0.717, 1.165) is 16.1 Å². The maximum atomic E-state index is 6.11. The van der Waals surface area contributed by atoms with Gasteiger partial charge < -0.3 is 10.1 Å². The van der Waals surface area contributed by atoms with Gasteiger partial charge in [-0.1, -0.05) is 23.2 Å². The van der Waals surface area contributed by atoms with Crippen molar-refractivity contribution in [2.24, 2.45) is 0 Å². The van der Waals surface area contributed by atoms with E-state index < -0.39 is 0 Å². The Kier molecular flexibility index (Phi) is 4.12. The number of nitrogens with zero attached hydrogens (tertiary/aromatic N) is 2. The number of hydrogen-bond acceptors (Lipinski definition) is 4. The molecule has 1 aromatic heterocycles. The van der Waals surface area contributed by atoms with Gasteiger partial charge in [0.1, 0.15) is 10.8 Å². The van der Waals surface area contributed by atoms with Gasteiger partial charge in [0.15, 0.2) is 0 Å². The Hall–Kier alpha value is -1.52. The molecule has 19 heavy (non-hydrogen) atoms. The van der Waals surface area contributed by atoms with Crippen LogP contribution in [0.2, 0.25) is 10.0 Å². The summed E-state index contributed by atoms with van der Waals surface area (Å²) < 4.78 is 5.69. The maximum absolute atomic E-state index is 6.11. The number of benzene rings is 1. The van der Waals surface area contributed by atoms with E-state index in [0.29, 0.717) is 22.6 Å². The Morgan fingerprint density at radius 3 is 2.37 bits per heavy atom.